The largest absolute Gasteiger partial charge is 0.478 e. The third-order valence-corrected chi connectivity index (χ3v) is 1.92. The Bertz CT molecular complexity index is 407. The van der Waals surface area contributed by atoms with Crippen LogP contribution in [-0.2, 0) is 0 Å². The van der Waals surface area contributed by atoms with E-state index in [9.17, 15) is 14.4 Å². The second-order valence-electron chi connectivity index (χ2n) is 2.84. The van der Waals surface area contributed by atoms with Gasteiger partial charge in [-0.2, -0.15) is 0 Å². The molecule has 1 rings (SSSR count). The number of carboxylic acids is 1. The lowest BCUT2D eigenvalue weighted by molar-refractivity contribution is 0.0694. The van der Waals surface area contributed by atoms with Crippen molar-refractivity contribution in [2.75, 3.05) is 0 Å². The molecule has 0 saturated heterocycles. The molecule has 0 bridgehead atoms. The fraction of sp³-hybridized carbons (Fsp3) is 0.100. The van der Waals surface area contributed by atoms with Crippen LogP contribution in [0.25, 0.3) is 0 Å². The minimum Gasteiger partial charge on any atom is -0.478 e. The average Bonchev–Trinajstić information content (AvgIpc) is 2.16. The number of hydrogen-bond donors (Lipinski definition) is 1. The molecule has 0 aliphatic heterocycles. The molecule has 1 aromatic rings. The van der Waals surface area contributed by atoms with Crippen molar-refractivity contribution in [1.82, 2.24) is 0 Å². The number of rotatable bonds is 3. The van der Waals surface area contributed by atoms with Crippen LogP contribution in [0.4, 0.5) is 0 Å². The van der Waals surface area contributed by atoms with Gasteiger partial charge in [-0.15, -0.1) is 0 Å². The van der Waals surface area contributed by atoms with Gasteiger partial charge in [-0.25, -0.2) is 4.79 Å². The van der Waals surface area contributed by atoms with Crippen LogP contribution in [0.1, 0.15) is 36.6 Å². The maximum Gasteiger partial charge on any atom is 0.336 e. The number of aromatic carboxylic acids is 1. The van der Waals surface area contributed by atoms with Gasteiger partial charge in [-0.05, 0) is 24.6 Å². The van der Waals surface area contributed by atoms with Crippen LogP contribution < -0.4 is 0 Å². The molecule has 0 aliphatic carbocycles. The first kappa shape index (κ1) is 10.1. The van der Waals surface area contributed by atoms with Crippen molar-refractivity contribution in [3.63, 3.8) is 0 Å². The molecular formula is C10H8O4. The van der Waals surface area contributed by atoms with Gasteiger partial charge in [0.1, 0.15) is 6.29 Å². The zero-order chi connectivity index (χ0) is 10.7. The molecule has 0 heterocycles. The molecule has 0 amide bonds. The summed E-state index contributed by atoms with van der Waals surface area (Å²) in [6.07, 6.45) is 1.03. The van der Waals surface area contributed by atoms with Crippen molar-refractivity contribution >= 4 is 18.5 Å². The number of carbonyl (C=O) groups is 3. The third kappa shape index (κ3) is 1.69. The molecular weight excluding hydrogens is 184 g/mol. The van der Waals surface area contributed by atoms with E-state index in [2.05, 4.69) is 0 Å². The van der Waals surface area contributed by atoms with Crippen LogP contribution >= 0.6 is 0 Å². The molecule has 4 heteroatoms. The molecule has 0 aliphatic rings. The number of aryl methyl sites for hydroxylation is 1. The monoisotopic (exact) mass is 192 g/mol. The lowest BCUT2D eigenvalue weighted by Gasteiger charge is -2.03. The Labute approximate surface area is 80.2 Å². The number of carboxylic acid groups (broad SMARTS) is 1. The SMILES string of the molecule is Cc1cc(C=O)c(C(=O)O)cc1C=O. The Morgan fingerprint density at radius 2 is 1.79 bits per heavy atom. The van der Waals surface area contributed by atoms with Gasteiger partial charge >= 0.3 is 5.97 Å². The highest BCUT2D eigenvalue weighted by molar-refractivity contribution is 5.99. The highest BCUT2D eigenvalue weighted by Gasteiger charge is 2.12. The van der Waals surface area contributed by atoms with Gasteiger partial charge in [0.2, 0.25) is 0 Å². The predicted octanol–water partition coefficient (Wildman–Crippen LogP) is 1.32. The van der Waals surface area contributed by atoms with E-state index in [1.807, 2.05) is 0 Å². The van der Waals surface area contributed by atoms with Crippen molar-refractivity contribution in [3.8, 4) is 0 Å². The molecule has 0 aromatic heterocycles. The van der Waals surface area contributed by atoms with Gasteiger partial charge in [0, 0.05) is 11.1 Å². The van der Waals surface area contributed by atoms with E-state index in [4.69, 9.17) is 5.11 Å². The molecule has 4 nitrogen and oxygen atoms in total. The number of carbonyl (C=O) groups excluding carboxylic acids is 2. The first-order valence-corrected chi connectivity index (χ1v) is 3.88. The number of aldehydes is 2. The summed E-state index contributed by atoms with van der Waals surface area (Å²) >= 11 is 0. The van der Waals surface area contributed by atoms with Gasteiger partial charge < -0.3 is 5.11 Å². The van der Waals surface area contributed by atoms with Crippen LogP contribution in [0.3, 0.4) is 0 Å². The van der Waals surface area contributed by atoms with Crippen molar-refractivity contribution in [2.24, 2.45) is 0 Å². The van der Waals surface area contributed by atoms with E-state index in [-0.39, 0.29) is 16.7 Å². The van der Waals surface area contributed by atoms with Crippen molar-refractivity contribution in [2.45, 2.75) is 6.92 Å². The molecule has 1 aromatic carbocycles. The lowest BCUT2D eigenvalue weighted by Crippen LogP contribution is -2.04. The Kier molecular flexibility index (Phi) is 2.76. The van der Waals surface area contributed by atoms with E-state index in [1.54, 1.807) is 6.92 Å². The van der Waals surface area contributed by atoms with E-state index in [1.165, 1.54) is 12.1 Å². The molecule has 1 N–H and O–H groups in total. The van der Waals surface area contributed by atoms with E-state index < -0.39 is 5.97 Å². The van der Waals surface area contributed by atoms with Gasteiger partial charge in [-0.1, -0.05) is 0 Å². The summed E-state index contributed by atoms with van der Waals surface area (Å²) in [5.74, 6) is -1.21. The molecule has 0 atom stereocenters. The number of benzene rings is 1. The standard InChI is InChI=1S/C10H8O4/c1-6-2-8(5-12)9(10(13)14)3-7(6)4-11/h2-5H,1H3,(H,13,14). The third-order valence-electron chi connectivity index (χ3n) is 1.92. The highest BCUT2D eigenvalue weighted by atomic mass is 16.4. The van der Waals surface area contributed by atoms with Crippen molar-refractivity contribution in [3.05, 3.63) is 34.4 Å². The normalized spacial score (nSPS) is 9.50. The van der Waals surface area contributed by atoms with Crippen LogP contribution in [0.15, 0.2) is 12.1 Å². The fourth-order valence-corrected chi connectivity index (χ4v) is 1.16. The Balaban J connectivity index is 3.47. The summed E-state index contributed by atoms with van der Waals surface area (Å²) in [4.78, 5) is 31.7. The maximum absolute atomic E-state index is 10.7. The summed E-state index contributed by atoms with van der Waals surface area (Å²) in [5.41, 5.74) is 0.813. The van der Waals surface area contributed by atoms with Crippen LogP contribution in [0, 0.1) is 6.92 Å². The van der Waals surface area contributed by atoms with Crippen LogP contribution in [0.2, 0.25) is 0 Å². The average molecular weight is 192 g/mol. The molecule has 72 valence electrons. The molecule has 0 unspecified atom stereocenters. The fourth-order valence-electron chi connectivity index (χ4n) is 1.16. The predicted molar refractivity (Wildman–Crippen MR) is 48.9 cm³/mol. The van der Waals surface area contributed by atoms with Crippen LogP contribution in [0.5, 0.6) is 0 Å². The second kappa shape index (κ2) is 3.83. The molecule has 14 heavy (non-hydrogen) atoms. The van der Waals surface area contributed by atoms with Crippen molar-refractivity contribution < 1.29 is 19.5 Å². The summed E-state index contributed by atoms with van der Waals surface area (Å²) in [7, 11) is 0. The summed E-state index contributed by atoms with van der Waals surface area (Å²) in [6, 6.07) is 2.59. The van der Waals surface area contributed by atoms with Gasteiger partial charge in [-0.3, -0.25) is 9.59 Å². The van der Waals surface area contributed by atoms with Crippen LogP contribution in [-0.4, -0.2) is 23.6 Å². The lowest BCUT2D eigenvalue weighted by atomic mass is 10.0. The van der Waals surface area contributed by atoms with E-state index in [0.29, 0.717) is 18.1 Å². The summed E-state index contributed by atoms with van der Waals surface area (Å²) in [6.45, 7) is 1.64. The van der Waals surface area contributed by atoms with Gasteiger partial charge in [0.25, 0.3) is 0 Å². The molecule has 0 fully saturated rings. The Morgan fingerprint density at radius 3 is 2.21 bits per heavy atom. The smallest absolute Gasteiger partial charge is 0.336 e. The second-order valence-corrected chi connectivity index (χ2v) is 2.84. The minimum absolute atomic E-state index is 0.0839. The maximum atomic E-state index is 10.7. The quantitative estimate of drug-likeness (QED) is 0.733. The van der Waals surface area contributed by atoms with Gasteiger partial charge in [0.15, 0.2) is 6.29 Å². The summed E-state index contributed by atoms with van der Waals surface area (Å²) in [5, 5.41) is 8.73. The Hall–Kier alpha value is -1.97. The first-order chi connectivity index (χ1) is 6.60. The molecule has 0 saturated carbocycles. The topological polar surface area (TPSA) is 71.4 Å². The van der Waals surface area contributed by atoms with Crippen molar-refractivity contribution in [1.29, 1.82) is 0 Å². The summed E-state index contributed by atoms with van der Waals surface area (Å²) < 4.78 is 0. The Morgan fingerprint density at radius 1 is 1.21 bits per heavy atom. The van der Waals surface area contributed by atoms with Gasteiger partial charge in [0.05, 0.1) is 5.56 Å². The highest BCUT2D eigenvalue weighted by Crippen LogP contribution is 2.14. The zero-order valence-electron chi connectivity index (χ0n) is 7.48. The molecule has 0 spiro atoms. The minimum atomic E-state index is -1.21. The van der Waals surface area contributed by atoms with E-state index in [0.717, 1.165) is 0 Å². The van der Waals surface area contributed by atoms with E-state index >= 15 is 0 Å². The first-order valence-electron chi connectivity index (χ1n) is 3.88. The molecule has 0 radical (unpaired) electrons. The number of hydrogen-bond acceptors (Lipinski definition) is 3. The zero-order valence-corrected chi connectivity index (χ0v) is 7.48.